The van der Waals surface area contributed by atoms with Crippen LogP contribution in [0.4, 0.5) is 10.5 Å². The van der Waals surface area contributed by atoms with E-state index in [0.717, 1.165) is 68.5 Å². The molecule has 2 saturated heterocycles. The highest BCUT2D eigenvalue weighted by molar-refractivity contribution is 6.31. The molecule has 44 heavy (non-hydrogen) atoms. The van der Waals surface area contributed by atoms with Gasteiger partial charge < -0.3 is 25.0 Å². The summed E-state index contributed by atoms with van der Waals surface area (Å²) >= 11 is 6.37. The van der Waals surface area contributed by atoms with Crippen molar-refractivity contribution in [2.24, 2.45) is 0 Å². The number of nitrogens with zero attached hydrogens (tertiary/aromatic N) is 2. The molecule has 0 saturated carbocycles. The molecule has 2 aromatic rings. The summed E-state index contributed by atoms with van der Waals surface area (Å²) in [5, 5.41) is 6.41. The van der Waals surface area contributed by atoms with Gasteiger partial charge in [0.15, 0.2) is 6.61 Å². The minimum atomic E-state index is -0.512. The lowest BCUT2D eigenvalue weighted by molar-refractivity contribution is -0.121. The number of hydrogen-bond acceptors (Lipinski definition) is 6. The molecule has 0 spiro atoms. The molecule has 3 aliphatic heterocycles. The number of fused-ring (bicyclic) bond motifs is 3. The second-order valence-electron chi connectivity index (χ2n) is 13.1. The Balaban J connectivity index is 1.12. The van der Waals surface area contributed by atoms with Crippen LogP contribution in [0.15, 0.2) is 42.5 Å². The van der Waals surface area contributed by atoms with E-state index >= 15 is 0 Å². The first kappa shape index (κ1) is 32.1. The Hall–Kier alpha value is -3.30. The van der Waals surface area contributed by atoms with Crippen molar-refractivity contribution in [2.75, 3.05) is 37.7 Å². The Labute approximate surface area is 265 Å². The van der Waals surface area contributed by atoms with Crippen LogP contribution in [0.1, 0.15) is 87.6 Å². The van der Waals surface area contributed by atoms with Crippen LogP contribution in [0.25, 0.3) is 0 Å². The maximum atomic E-state index is 13.3. The van der Waals surface area contributed by atoms with Crippen molar-refractivity contribution < 1.29 is 23.9 Å². The number of halogens is 1. The minimum Gasteiger partial charge on any atom is -0.482 e. The lowest BCUT2D eigenvalue weighted by Gasteiger charge is -2.41. The molecule has 2 fully saturated rings. The number of benzene rings is 2. The van der Waals surface area contributed by atoms with Crippen molar-refractivity contribution in [3.05, 3.63) is 58.6 Å². The first-order valence-corrected chi connectivity index (χ1v) is 16.3. The topological polar surface area (TPSA) is 100 Å². The summed E-state index contributed by atoms with van der Waals surface area (Å²) in [6.07, 6.45) is 6.33. The largest absolute Gasteiger partial charge is 0.482 e. The summed E-state index contributed by atoms with van der Waals surface area (Å²) in [6, 6.07) is 14.3. The van der Waals surface area contributed by atoms with Crippen LogP contribution in [-0.2, 0) is 9.53 Å². The molecule has 2 atom stereocenters. The van der Waals surface area contributed by atoms with E-state index in [1.165, 1.54) is 0 Å². The molecule has 0 radical (unpaired) electrons. The van der Waals surface area contributed by atoms with E-state index in [1.54, 1.807) is 6.07 Å². The van der Waals surface area contributed by atoms with E-state index in [1.807, 2.05) is 62.1 Å². The summed E-state index contributed by atoms with van der Waals surface area (Å²) < 4.78 is 10.9. The normalized spacial score (nSPS) is 21.4. The molecule has 10 heteroatoms. The molecule has 2 aromatic carbocycles. The van der Waals surface area contributed by atoms with Crippen LogP contribution in [-0.4, -0.2) is 73.3 Å². The van der Waals surface area contributed by atoms with Gasteiger partial charge in [0.1, 0.15) is 11.4 Å². The number of rotatable bonds is 11. The van der Waals surface area contributed by atoms with Crippen molar-refractivity contribution in [3.63, 3.8) is 0 Å². The van der Waals surface area contributed by atoms with Crippen molar-refractivity contribution in [2.45, 2.75) is 89.3 Å². The number of anilines is 1. The first-order valence-electron chi connectivity index (χ1n) is 15.9. The van der Waals surface area contributed by atoms with Crippen molar-refractivity contribution in [1.29, 1.82) is 0 Å². The standard InChI is InChI=1S/C34H45ClN4O5/c1-34(2,3)44-33(42)37-16-8-4-7-15-36-32(41)28-21-24(35)11-14-27(28)23-19-25-12-13-26(20-23)38(25)17-18-39-29-9-5-6-10-30(29)43-22-31(39)40/h5-6,9-11,14,21,23,25-26H,4,7-8,12-13,15-20,22H2,1-3H3,(H,36,41)(H,37,42). The molecule has 2 N–H and O–H groups in total. The van der Waals surface area contributed by atoms with E-state index in [0.29, 0.717) is 42.3 Å². The second kappa shape index (κ2) is 14.2. The van der Waals surface area contributed by atoms with Gasteiger partial charge in [-0.15, -0.1) is 0 Å². The zero-order chi connectivity index (χ0) is 31.3. The van der Waals surface area contributed by atoms with E-state index in [-0.39, 0.29) is 24.3 Å². The number of nitrogens with one attached hydrogen (secondary N) is 2. The molecule has 9 nitrogen and oxygen atoms in total. The molecule has 238 valence electrons. The van der Waals surface area contributed by atoms with Crippen LogP contribution in [0.2, 0.25) is 5.02 Å². The monoisotopic (exact) mass is 624 g/mol. The van der Waals surface area contributed by atoms with Gasteiger partial charge in [0, 0.05) is 48.8 Å². The number of amides is 3. The highest BCUT2D eigenvalue weighted by Gasteiger charge is 2.42. The van der Waals surface area contributed by atoms with Crippen LogP contribution in [0, 0.1) is 0 Å². The molecular formula is C34H45ClN4O5. The summed E-state index contributed by atoms with van der Waals surface area (Å²) in [5.74, 6) is 0.956. The molecular weight excluding hydrogens is 580 g/mol. The number of alkyl carbamates (subject to hydrolysis) is 1. The fourth-order valence-corrected chi connectivity index (χ4v) is 6.99. The van der Waals surface area contributed by atoms with E-state index in [4.69, 9.17) is 21.1 Å². The summed E-state index contributed by atoms with van der Waals surface area (Å²) in [6.45, 7) is 8.16. The Bertz CT molecular complexity index is 1330. The van der Waals surface area contributed by atoms with Gasteiger partial charge in [0.05, 0.1) is 5.69 Å². The second-order valence-corrected chi connectivity index (χ2v) is 13.5. The molecule has 3 heterocycles. The van der Waals surface area contributed by atoms with Gasteiger partial charge in [-0.1, -0.05) is 29.8 Å². The average Bonchev–Trinajstić information content (AvgIpc) is 3.21. The fourth-order valence-electron chi connectivity index (χ4n) is 6.82. The predicted molar refractivity (Wildman–Crippen MR) is 172 cm³/mol. The summed E-state index contributed by atoms with van der Waals surface area (Å²) in [5.41, 5.74) is 2.07. The fraction of sp³-hybridized carbons (Fsp3) is 0.559. The Kier molecular flexibility index (Phi) is 10.4. The Morgan fingerprint density at radius 3 is 2.41 bits per heavy atom. The number of carbonyl (C=O) groups is 3. The molecule has 5 rings (SSSR count). The van der Waals surface area contributed by atoms with Crippen molar-refractivity contribution in [3.8, 4) is 5.75 Å². The number of carbonyl (C=O) groups excluding carboxylic acids is 3. The first-order chi connectivity index (χ1) is 21.1. The number of ether oxygens (including phenoxy) is 2. The zero-order valence-corrected chi connectivity index (χ0v) is 26.8. The molecule has 2 bridgehead atoms. The maximum absolute atomic E-state index is 13.3. The Morgan fingerprint density at radius 2 is 1.68 bits per heavy atom. The average molecular weight is 625 g/mol. The molecule has 0 aliphatic carbocycles. The third-order valence-corrected chi connectivity index (χ3v) is 9.02. The van der Waals surface area contributed by atoms with Gasteiger partial charge in [0.25, 0.3) is 11.8 Å². The molecule has 0 aromatic heterocycles. The lowest BCUT2D eigenvalue weighted by Crippen LogP contribution is -2.48. The maximum Gasteiger partial charge on any atom is 0.407 e. The minimum absolute atomic E-state index is 0.000202. The van der Waals surface area contributed by atoms with Gasteiger partial charge in [-0.3, -0.25) is 14.5 Å². The van der Waals surface area contributed by atoms with Gasteiger partial charge in [-0.2, -0.15) is 0 Å². The van der Waals surface area contributed by atoms with Gasteiger partial charge in [-0.25, -0.2) is 4.79 Å². The molecule has 3 aliphatic rings. The van der Waals surface area contributed by atoms with Crippen LogP contribution in [0.5, 0.6) is 5.75 Å². The number of para-hydroxylation sites is 2. The predicted octanol–water partition coefficient (Wildman–Crippen LogP) is 5.90. The van der Waals surface area contributed by atoms with Gasteiger partial charge in [-0.05, 0) is 101 Å². The van der Waals surface area contributed by atoms with Crippen LogP contribution in [0.3, 0.4) is 0 Å². The number of hydrogen-bond donors (Lipinski definition) is 2. The summed E-state index contributed by atoms with van der Waals surface area (Å²) in [7, 11) is 0. The molecule has 2 unspecified atom stereocenters. The summed E-state index contributed by atoms with van der Waals surface area (Å²) in [4.78, 5) is 42.2. The van der Waals surface area contributed by atoms with Crippen molar-refractivity contribution in [1.82, 2.24) is 15.5 Å². The van der Waals surface area contributed by atoms with Gasteiger partial charge >= 0.3 is 6.09 Å². The number of unbranched alkanes of at least 4 members (excludes halogenated alkanes) is 2. The quantitative estimate of drug-likeness (QED) is 0.302. The smallest absolute Gasteiger partial charge is 0.407 e. The molecule has 3 amide bonds. The number of piperidine rings is 1. The van der Waals surface area contributed by atoms with Crippen LogP contribution < -0.4 is 20.3 Å². The van der Waals surface area contributed by atoms with Crippen LogP contribution >= 0.6 is 11.6 Å². The van der Waals surface area contributed by atoms with E-state index in [2.05, 4.69) is 15.5 Å². The zero-order valence-electron chi connectivity index (χ0n) is 26.1. The highest BCUT2D eigenvalue weighted by atomic mass is 35.5. The van der Waals surface area contributed by atoms with E-state index in [9.17, 15) is 14.4 Å². The SMILES string of the molecule is CC(C)(C)OC(=O)NCCCCCNC(=O)c1cc(Cl)ccc1C1CC2CCC(C1)N2CCN1C(=O)COc2ccccc21. The third-order valence-electron chi connectivity index (χ3n) is 8.78. The van der Waals surface area contributed by atoms with Crippen molar-refractivity contribution >= 4 is 35.2 Å². The van der Waals surface area contributed by atoms with E-state index < -0.39 is 11.7 Å². The highest BCUT2D eigenvalue weighted by Crippen LogP contribution is 2.44. The lowest BCUT2D eigenvalue weighted by atomic mass is 9.82. The Morgan fingerprint density at radius 1 is 0.977 bits per heavy atom. The third kappa shape index (κ3) is 8.04. The van der Waals surface area contributed by atoms with Gasteiger partial charge in [0.2, 0.25) is 0 Å².